The zero-order valence-electron chi connectivity index (χ0n) is 14.1. The summed E-state index contributed by atoms with van der Waals surface area (Å²) in [6.45, 7) is 4.33. The van der Waals surface area contributed by atoms with Crippen molar-refractivity contribution in [3.63, 3.8) is 0 Å². The fourth-order valence-corrected chi connectivity index (χ4v) is 3.36. The molecule has 1 fully saturated rings. The summed E-state index contributed by atoms with van der Waals surface area (Å²) in [5.74, 6) is 0.834. The van der Waals surface area contributed by atoms with Gasteiger partial charge in [0, 0.05) is 17.6 Å². The molecule has 1 amide bonds. The number of hydrogen-bond acceptors (Lipinski definition) is 3. The van der Waals surface area contributed by atoms with Gasteiger partial charge < -0.3 is 10.2 Å². The standard InChI is InChI=1S/C18H23ClN4O/c1-13-10-17(20-18(24)15-7-5-9-22(2)11-15)23(21-13)12-14-6-3-4-8-16(14)19/h3-4,6,8,10,15H,5,7,9,11-12H2,1-2H3,(H,20,24)/t15-/m0/s1. The first-order chi connectivity index (χ1) is 11.5. The van der Waals surface area contributed by atoms with Crippen molar-refractivity contribution < 1.29 is 4.79 Å². The number of amides is 1. The van der Waals surface area contributed by atoms with Crippen molar-refractivity contribution in [3.05, 3.63) is 46.6 Å². The van der Waals surface area contributed by atoms with Crippen LogP contribution >= 0.6 is 11.6 Å². The quantitative estimate of drug-likeness (QED) is 0.925. The van der Waals surface area contributed by atoms with E-state index in [9.17, 15) is 4.79 Å². The monoisotopic (exact) mass is 346 g/mol. The normalized spacial score (nSPS) is 18.5. The van der Waals surface area contributed by atoms with Gasteiger partial charge in [-0.1, -0.05) is 29.8 Å². The van der Waals surface area contributed by atoms with Crippen LogP contribution in [0.25, 0.3) is 0 Å². The number of aromatic nitrogens is 2. The molecule has 0 saturated carbocycles. The lowest BCUT2D eigenvalue weighted by Gasteiger charge is -2.28. The van der Waals surface area contributed by atoms with E-state index in [0.29, 0.717) is 11.6 Å². The molecule has 1 N–H and O–H groups in total. The van der Waals surface area contributed by atoms with Gasteiger partial charge in [-0.2, -0.15) is 5.10 Å². The van der Waals surface area contributed by atoms with Crippen molar-refractivity contribution in [1.82, 2.24) is 14.7 Å². The Morgan fingerprint density at radius 1 is 1.42 bits per heavy atom. The van der Waals surface area contributed by atoms with Gasteiger partial charge in [-0.05, 0) is 45.0 Å². The lowest BCUT2D eigenvalue weighted by Crippen LogP contribution is -2.38. The van der Waals surface area contributed by atoms with Crippen LogP contribution in [0, 0.1) is 12.8 Å². The number of hydrogen-bond donors (Lipinski definition) is 1. The van der Waals surface area contributed by atoms with Gasteiger partial charge in [0.1, 0.15) is 5.82 Å². The summed E-state index contributed by atoms with van der Waals surface area (Å²) in [7, 11) is 2.06. The number of nitrogens with zero attached hydrogens (tertiary/aromatic N) is 3. The molecule has 1 saturated heterocycles. The maximum absolute atomic E-state index is 12.6. The first kappa shape index (κ1) is 17.0. The van der Waals surface area contributed by atoms with E-state index in [1.165, 1.54) is 0 Å². The highest BCUT2D eigenvalue weighted by molar-refractivity contribution is 6.31. The first-order valence-electron chi connectivity index (χ1n) is 8.30. The molecule has 0 radical (unpaired) electrons. The molecule has 3 rings (SSSR count). The first-order valence-corrected chi connectivity index (χ1v) is 8.68. The third-order valence-corrected chi connectivity index (χ3v) is 4.80. The number of nitrogens with one attached hydrogen (secondary N) is 1. The molecule has 2 heterocycles. The van der Waals surface area contributed by atoms with E-state index in [2.05, 4.69) is 22.4 Å². The molecule has 0 bridgehead atoms. The number of anilines is 1. The van der Waals surface area contributed by atoms with Gasteiger partial charge in [0.25, 0.3) is 0 Å². The highest BCUT2D eigenvalue weighted by Crippen LogP contribution is 2.21. The summed E-state index contributed by atoms with van der Waals surface area (Å²) in [5, 5.41) is 8.25. The van der Waals surface area contributed by atoms with Crippen molar-refractivity contribution in [3.8, 4) is 0 Å². The van der Waals surface area contributed by atoms with Crippen LogP contribution in [-0.4, -0.2) is 40.7 Å². The molecule has 0 aliphatic carbocycles. The number of aryl methyl sites for hydroxylation is 1. The Morgan fingerprint density at radius 3 is 2.96 bits per heavy atom. The number of carbonyl (C=O) groups excluding carboxylic acids is 1. The minimum Gasteiger partial charge on any atom is -0.311 e. The van der Waals surface area contributed by atoms with Gasteiger partial charge in [0.15, 0.2) is 0 Å². The molecule has 1 aromatic heterocycles. The molecule has 1 aliphatic heterocycles. The van der Waals surface area contributed by atoms with Crippen LogP contribution in [0.5, 0.6) is 0 Å². The Labute approximate surface area is 147 Å². The second-order valence-corrected chi connectivity index (χ2v) is 6.92. The van der Waals surface area contributed by atoms with Gasteiger partial charge in [0.05, 0.1) is 18.2 Å². The summed E-state index contributed by atoms with van der Waals surface area (Å²) < 4.78 is 1.81. The van der Waals surface area contributed by atoms with E-state index < -0.39 is 0 Å². The minimum atomic E-state index is 0.0349. The van der Waals surface area contributed by atoms with Gasteiger partial charge in [0.2, 0.25) is 5.91 Å². The summed E-state index contributed by atoms with van der Waals surface area (Å²) in [6.07, 6.45) is 2.00. The Kier molecular flexibility index (Phi) is 5.21. The van der Waals surface area contributed by atoms with Crippen LogP contribution in [0.2, 0.25) is 5.02 Å². The topological polar surface area (TPSA) is 50.2 Å². The van der Waals surface area contributed by atoms with Crippen molar-refractivity contribution in [1.29, 1.82) is 0 Å². The highest BCUT2D eigenvalue weighted by atomic mass is 35.5. The van der Waals surface area contributed by atoms with Crippen molar-refractivity contribution in [2.75, 3.05) is 25.5 Å². The molecule has 24 heavy (non-hydrogen) atoms. The fourth-order valence-electron chi connectivity index (χ4n) is 3.16. The number of carbonyl (C=O) groups is 1. The maximum Gasteiger partial charge on any atom is 0.229 e. The second-order valence-electron chi connectivity index (χ2n) is 6.51. The lowest BCUT2D eigenvalue weighted by atomic mass is 9.98. The van der Waals surface area contributed by atoms with Crippen LogP contribution in [0.3, 0.4) is 0 Å². The number of rotatable bonds is 4. The van der Waals surface area contributed by atoms with E-state index >= 15 is 0 Å². The highest BCUT2D eigenvalue weighted by Gasteiger charge is 2.24. The summed E-state index contributed by atoms with van der Waals surface area (Å²) in [6, 6.07) is 9.60. The molecule has 1 atom stereocenters. The molecule has 1 aromatic carbocycles. The Balaban J connectivity index is 1.74. The van der Waals surface area contributed by atoms with Gasteiger partial charge in [-0.15, -0.1) is 0 Å². The third-order valence-electron chi connectivity index (χ3n) is 4.43. The molecule has 2 aromatic rings. The fraction of sp³-hybridized carbons (Fsp3) is 0.444. The van der Waals surface area contributed by atoms with Crippen LogP contribution in [-0.2, 0) is 11.3 Å². The van der Waals surface area contributed by atoms with E-state index in [1.807, 2.05) is 37.3 Å². The largest absolute Gasteiger partial charge is 0.311 e. The smallest absolute Gasteiger partial charge is 0.229 e. The number of halogens is 1. The SMILES string of the molecule is Cc1cc(NC(=O)[C@H]2CCCN(C)C2)n(Cc2ccccc2Cl)n1. The molecule has 0 spiro atoms. The Bertz CT molecular complexity index is 728. The number of piperidine rings is 1. The van der Waals surface area contributed by atoms with E-state index in [4.69, 9.17) is 11.6 Å². The number of likely N-dealkylation sites (tertiary alicyclic amines) is 1. The maximum atomic E-state index is 12.6. The van der Waals surface area contributed by atoms with Crippen molar-refractivity contribution >= 4 is 23.3 Å². The Hall–Kier alpha value is -1.85. The molecule has 128 valence electrons. The average Bonchev–Trinajstić information content (AvgIpc) is 2.89. The van der Waals surface area contributed by atoms with E-state index in [0.717, 1.165) is 43.0 Å². The van der Waals surface area contributed by atoms with E-state index in [-0.39, 0.29) is 11.8 Å². The van der Waals surface area contributed by atoms with Crippen LogP contribution in [0.15, 0.2) is 30.3 Å². The Morgan fingerprint density at radius 2 is 2.21 bits per heavy atom. The average molecular weight is 347 g/mol. The van der Waals surface area contributed by atoms with Crippen LogP contribution in [0.4, 0.5) is 5.82 Å². The molecular weight excluding hydrogens is 324 g/mol. The predicted octanol–water partition coefficient (Wildman–Crippen LogP) is 3.17. The van der Waals surface area contributed by atoms with Crippen molar-refractivity contribution in [2.24, 2.45) is 5.92 Å². The predicted molar refractivity (Wildman–Crippen MR) is 96.4 cm³/mol. The van der Waals surface area contributed by atoms with Gasteiger partial charge in [-0.3, -0.25) is 4.79 Å². The zero-order valence-corrected chi connectivity index (χ0v) is 14.9. The molecule has 6 heteroatoms. The summed E-state index contributed by atoms with van der Waals surface area (Å²) >= 11 is 6.24. The summed E-state index contributed by atoms with van der Waals surface area (Å²) in [4.78, 5) is 14.8. The van der Waals surface area contributed by atoms with Crippen molar-refractivity contribution in [2.45, 2.75) is 26.3 Å². The molecular formula is C18H23ClN4O. The molecule has 5 nitrogen and oxygen atoms in total. The number of benzene rings is 1. The van der Waals surface area contributed by atoms with Crippen LogP contribution in [0.1, 0.15) is 24.1 Å². The summed E-state index contributed by atoms with van der Waals surface area (Å²) in [5.41, 5.74) is 1.85. The molecule has 0 unspecified atom stereocenters. The lowest BCUT2D eigenvalue weighted by molar-refractivity contribution is -0.121. The zero-order chi connectivity index (χ0) is 17.1. The second kappa shape index (κ2) is 7.36. The third kappa shape index (κ3) is 3.97. The van der Waals surface area contributed by atoms with Gasteiger partial charge in [-0.25, -0.2) is 4.68 Å². The van der Waals surface area contributed by atoms with Gasteiger partial charge >= 0.3 is 0 Å². The van der Waals surface area contributed by atoms with Crippen LogP contribution < -0.4 is 5.32 Å². The van der Waals surface area contributed by atoms with E-state index in [1.54, 1.807) is 4.68 Å². The molecule has 1 aliphatic rings. The minimum absolute atomic E-state index is 0.0349.